The fraction of sp³-hybridized carbons (Fsp3) is 0.500. The zero-order valence-corrected chi connectivity index (χ0v) is 7.28. The van der Waals surface area contributed by atoms with Crippen LogP contribution in [0, 0.1) is 0 Å². The van der Waals surface area contributed by atoms with Gasteiger partial charge in [0.05, 0.1) is 6.54 Å². The van der Waals surface area contributed by atoms with Crippen LogP contribution in [0.5, 0.6) is 0 Å². The van der Waals surface area contributed by atoms with Crippen LogP contribution in [0.25, 0.3) is 0 Å². The zero-order valence-electron chi connectivity index (χ0n) is 7.28. The van der Waals surface area contributed by atoms with E-state index in [0.29, 0.717) is 6.54 Å². The molecule has 0 atom stereocenters. The second-order valence-electron chi connectivity index (χ2n) is 2.70. The van der Waals surface area contributed by atoms with E-state index in [1.807, 2.05) is 6.92 Å². The van der Waals surface area contributed by atoms with Crippen LogP contribution >= 0.6 is 0 Å². The average Bonchev–Trinajstić information content (AvgIpc) is 2.32. The second kappa shape index (κ2) is 3.38. The molecule has 0 aliphatic carbocycles. The summed E-state index contributed by atoms with van der Waals surface area (Å²) < 4.78 is 2.97. The van der Waals surface area contributed by atoms with Gasteiger partial charge in [0.15, 0.2) is 0 Å². The minimum atomic E-state index is -0.118. The van der Waals surface area contributed by atoms with Crippen LogP contribution in [0.2, 0.25) is 0 Å². The van der Waals surface area contributed by atoms with Gasteiger partial charge >= 0.3 is 5.69 Å². The predicted octanol–water partition coefficient (Wildman–Crippen LogP) is 0.259. The topological polar surface area (TPSA) is 44.0 Å². The highest BCUT2D eigenvalue weighted by Gasteiger charge is 2.02. The Bertz CT molecular complexity index is 335. The van der Waals surface area contributed by atoms with Crippen LogP contribution in [-0.4, -0.2) is 14.9 Å². The summed E-state index contributed by atoms with van der Waals surface area (Å²) in [5.74, 6) is -0.00838. The van der Waals surface area contributed by atoms with Gasteiger partial charge < -0.3 is 0 Å². The van der Waals surface area contributed by atoms with E-state index in [-0.39, 0.29) is 18.0 Å². The number of carbonyl (C=O) groups excluding carboxylic acids is 1. The Balaban J connectivity index is 2.95. The van der Waals surface area contributed by atoms with E-state index in [0.717, 1.165) is 0 Å². The average molecular weight is 168 g/mol. The van der Waals surface area contributed by atoms with Crippen molar-refractivity contribution in [3.63, 3.8) is 0 Å². The molecule has 0 bridgehead atoms. The number of aromatic nitrogens is 2. The van der Waals surface area contributed by atoms with Gasteiger partial charge in [0.25, 0.3) is 0 Å². The lowest BCUT2D eigenvalue weighted by Crippen LogP contribution is -2.25. The molecule has 0 amide bonds. The van der Waals surface area contributed by atoms with Gasteiger partial charge in [-0.15, -0.1) is 0 Å². The number of nitrogens with zero attached hydrogens (tertiary/aromatic N) is 2. The predicted molar refractivity (Wildman–Crippen MR) is 45.0 cm³/mol. The SMILES string of the molecule is CCn1ccn(CC(C)=O)c1=O. The molecule has 4 heteroatoms. The fourth-order valence-corrected chi connectivity index (χ4v) is 1.05. The first-order valence-electron chi connectivity index (χ1n) is 3.90. The molecular weight excluding hydrogens is 156 g/mol. The normalized spacial score (nSPS) is 10.2. The van der Waals surface area contributed by atoms with Gasteiger partial charge in [-0.2, -0.15) is 0 Å². The van der Waals surface area contributed by atoms with Gasteiger partial charge in [-0.3, -0.25) is 13.9 Å². The number of ketones is 1. The molecule has 0 spiro atoms. The van der Waals surface area contributed by atoms with Gasteiger partial charge in [0, 0.05) is 18.9 Å². The Morgan fingerprint density at radius 1 is 1.42 bits per heavy atom. The molecule has 0 saturated carbocycles. The minimum absolute atomic E-state index is 0.00838. The number of rotatable bonds is 3. The van der Waals surface area contributed by atoms with Gasteiger partial charge in [-0.05, 0) is 13.8 Å². The molecule has 0 saturated heterocycles. The molecule has 1 heterocycles. The highest BCUT2D eigenvalue weighted by molar-refractivity contribution is 5.75. The maximum atomic E-state index is 11.3. The van der Waals surface area contributed by atoms with E-state index in [4.69, 9.17) is 0 Å². The van der Waals surface area contributed by atoms with Crippen molar-refractivity contribution in [1.82, 2.24) is 9.13 Å². The zero-order chi connectivity index (χ0) is 9.14. The third-order valence-corrected chi connectivity index (χ3v) is 1.65. The monoisotopic (exact) mass is 168 g/mol. The van der Waals surface area contributed by atoms with E-state index in [1.165, 1.54) is 11.5 Å². The van der Waals surface area contributed by atoms with Crippen molar-refractivity contribution in [3.8, 4) is 0 Å². The molecule has 0 aromatic carbocycles. The Morgan fingerprint density at radius 2 is 2.00 bits per heavy atom. The molecule has 1 aromatic heterocycles. The summed E-state index contributed by atoms with van der Waals surface area (Å²) in [7, 11) is 0. The lowest BCUT2D eigenvalue weighted by molar-refractivity contribution is -0.117. The van der Waals surface area contributed by atoms with E-state index >= 15 is 0 Å². The first-order valence-corrected chi connectivity index (χ1v) is 3.90. The summed E-state index contributed by atoms with van der Waals surface area (Å²) >= 11 is 0. The molecule has 12 heavy (non-hydrogen) atoms. The quantitative estimate of drug-likeness (QED) is 0.649. The standard InChI is InChI=1S/C8H12N2O2/c1-3-9-4-5-10(8(9)12)6-7(2)11/h4-5H,3,6H2,1-2H3. The Labute approximate surface area is 70.4 Å². The molecule has 0 radical (unpaired) electrons. The van der Waals surface area contributed by atoms with E-state index in [2.05, 4.69) is 0 Å². The smallest absolute Gasteiger partial charge is 0.300 e. The Kier molecular flexibility index (Phi) is 2.47. The molecule has 1 aromatic rings. The van der Waals surface area contributed by atoms with Crippen molar-refractivity contribution in [2.24, 2.45) is 0 Å². The summed E-state index contributed by atoms with van der Waals surface area (Å²) in [6, 6.07) is 0. The first-order chi connectivity index (χ1) is 5.65. The molecule has 0 unspecified atom stereocenters. The van der Waals surface area contributed by atoms with E-state index < -0.39 is 0 Å². The van der Waals surface area contributed by atoms with Crippen molar-refractivity contribution in [3.05, 3.63) is 22.9 Å². The highest BCUT2D eigenvalue weighted by Crippen LogP contribution is 1.85. The molecule has 0 aliphatic rings. The second-order valence-corrected chi connectivity index (χ2v) is 2.70. The highest BCUT2D eigenvalue weighted by atomic mass is 16.2. The summed E-state index contributed by atoms with van der Waals surface area (Å²) in [5.41, 5.74) is -0.118. The molecule has 66 valence electrons. The van der Waals surface area contributed by atoms with E-state index in [1.54, 1.807) is 17.0 Å². The van der Waals surface area contributed by atoms with Gasteiger partial charge in [-0.1, -0.05) is 0 Å². The summed E-state index contributed by atoms with van der Waals surface area (Å²) in [6.45, 7) is 4.17. The van der Waals surface area contributed by atoms with Gasteiger partial charge in [-0.25, -0.2) is 4.79 Å². The summed E-state index contributed by atoms with van der Waals surface area (Å²) in [6.07, 6.45) is 3.32. The number of hydrogen-bond donors (Lipinski definition) is 0. The third kappa shape index (κ3) is 1.64. The Hall–Kier alpha value is -1.32. The van der Waals surface area contributed by atoms with E-state index in [9.17, 15) is 9.59 Å². The molecule has 1 rings (SSSR count). The number of carbonyl (C=O) groups is 1. The molecular formula is C8H12N2O2. The Morgan fingerprint density at radius 3 is 2.42 bits per heavy atom. The van der Waals surface area contributed by atoms with Gasteiger partial charge in [0.1, 0.15) is 5.78 Å². The lowest BCUT2D eigenvalue weighted by atomic mass is 10.4. The maximum Gasteiger partial charge on any atom is 0.328 e. The van der Waals surface area contributed by atoms with Crippen LogP contribution in [0.3, 0.4) is 0 Å². The third-order valence-electron chi connectivity index (χ3n) is 1.65. The number of Topliss-reactive ketones (excluding diaryl/α,β-unsaturated/α-hetero) is 1. The van der Waals surface area contributed by atoms with Crippen molar-refractivity contribution in [1.29, 1.82) is 0 Å². The van der Waals surface area contributed by atoms with Crippen molar-refractivity contribution in [2.45, 2.75) is 26.9 Å². The lowest BCUT2D eigenvalue weighted by Gasteiger charge is -1.95. The van der Waals surface area contributed by atoms with Crippen LogP contribution in [0.1, 0.15) is 13.8 Å². The minimum Gasteiger partial charge on any atom is -0.300 e. The summed E-state index contributed by atoms with van der Waals surface area (Å²) in [5, 5.41) is 0. The number of imidazole rings is 1. The fourth-order valence-electron chi connectivity index (χ4n) is 1.05. The van der Waals surface area contributed by atoms with Crippen molar-refractivity contribution in [2.75, 3.05) is 0 Å². The maximum absolute atomic E-state index is 11.3. The van der Waals surface area contributed by atoms with Gasteiger partial charge in [0.2, 0.25) is 0 Å². The van der Waals surface area contributed by atoms with Crippen LogP contribution in [0.15, 0.2) is 17.2 Å². The molecule has 0 N–H and O–H groups in total. The summed E-state index contributed by atoms with van der Waals surface area (Å²) in [4.78, 5) is 22.0. The van der Waals surface area contributed by atoms with Crippen LogP contribution in [0.4, 0.5) is 0 Å². The van der Waals surface area contributed by atoms with Crippen LogP contribution < -0.4 is 5.69 Å². The number of hydrogen-bond acceptors (Lipinski definition) is 2. The first kappa shape index (κ1) is 8.77. The molecule has 0 fully saturated rings. The van der Waals surface area contributed by atoms with Crippen LogP contribution in [-0.2, 0) is 17.9 Å². The largest absolute Gasteiger partial charge is 0.328 e. The number of aryl methyl sites for hydroxylation is 1. The van der Waals surface area contributed by atoms with Crippen molar-refractivity contribution < 1.29 is 4.79 Å². The molecule has 4 nitrogen and oxygen atoms in total. The molecule has 0 aliphatic heterocycles. The van der Waals surface area contributed by atoms with Crippen molar-refractivity contribution >= 4 is 5.78 Å².